The van der Waals surface area contributed by atoms with Crippen molar-refractivity contribution in [1.29, 1.82) is 0 Å². The van der Waals surface area contributed by atoms with Crippen LogP contribution in [0.4, 0.5) is 0 Å². The van der Waals surface area contributed by atoms with Gasteiger partial charge in [-0.25, -0.2) is 5.43 Å². The summed E-state index contributed by atoms with van der Waals surface area (Å²) in [4.78, 5) is 12.2. The van der Waals surface area contributed by atoms with E-state index in [0.717, 1.165) is 11.1 Å². The van der Waals surface area contributed by atoms with Gasteiger partial charge in [-0.2, -0.15) is 5.10 Å². The maximum Gasteiger partial charge on any atom is 0.281 e. The number of rotatable bonds is 3. The van der Waals surface area contributed by atoms with Gasteiger partial charge in [0.15, 0.2) is 0 Å². The number of hydrogen-bond acceptors (Lipinski definition) is 3. The highest BCUT2D eigenvalue weighted by Crippen LogP contribution is 2.07. The number of nitrogens with one attached hydrogen (secondary N) is 1. The first-order valence-corrected chi connectivity index (χ1v) is 6.08. The summed E-state index contributed by atoms with van der Waals surface area (Å²) in [5, 5.41) is 5.80. The molecule has 2 aromatic rings. The summed E-state index contributed by atoms with van der Waals surface area (Å²) in [5.74, 6) is -0.176. The van der Waals surface area contributed by atoms with Crippen molar-refractivity contribution in [3.05, 3.63) is 57.8 Å². The van der Waals surface area contributed by atoms with E-state index in [0.29, 0.717) is 4.88 Å². The largest absolute Gasteiger partial charge is 0.281 e. The van der Waals surface area contributed by atoms with Crippen molar-refractivity contribution < 1.29 is 4.79 Å². The Morgan fingerprint density at radius 1 is 1.29 bits per heavy atom. The summed E-state index contributed by atoms with van der Waals surface area (Å²) >= 11 is 1.39. The minimum absolute atomic E-state index is 0.176. The molecule has 1 amide bonds. The van der Waals surface area contributed by atoms with Crippen LogP contribution in [0.2, 0.25) is 0 Å². The van der Waals surface area contributed by atoms with Gasteiger partial charge in [-0.05, 0) is 29.5 Å². The Bertz CT molecular complexity index is 532. The van der Waals surface area contributed by atoms with Crippen LogP contribution in [0.1, 0.15) is 20.8 Å². The van der Waals surface area contributed by atoms with Crippen molar-refractivity contribution in [3.8, 4) is 0 Å². The Labute approximate surface area is 104 Å². The van der Waals surface area contributed by atoms with E-state index in [1.807, 2.05) is 42.6 Å². The summed E-state index contributed by atoms with van der Waals surface area (Å²) < 4.78 is 0. The fraction of sp³-hybridized carbons (Fsp3) is 0.0769. The second kappa shape index (κ2) is 5.41. The lowest BCUT2D eigenvalue weighted by Crippen LogP contribution is -2.16. The lowest BCUT2D eigenvalue weighted by Gasteiger charge is -1.98. The molecule has 0 fully saturated rings. The van der Waals surface area contributed by atoms with Crippen LogP contribution in [0.15, 0.2) is 46.9 Å². The normalized spacial score (nSPS) is 10.6. The fourth-order valence-corrected chi connectivity index (χ4v) is 1.97. The summed E-state index contributed by atoms with van der Waals surface area (Å²) in [6.07, 6.45) is 1.65. The molecule has 0 aliphatic rings. The van der Waals surface area contributed by atoms with Crippen molar-refractivity contribution in [2.24, 2.45) is 5.10 Å². The topological polar surface area (TPSA) is 41.5 Å². The number of carbonyl (C=O) groups is 1. The molecular formula is C13H12N2OS. The van der Waals surface area contributed by atoms with Gasteiger partial charge >= 0.3 is 0 Å². The molecule has 0 spiro atoms. The van der Waals surface area contributed by atoms with Gasteiger partial charge in [0, 0.05) is 0 Å². The molecule has 1 N–H and O–H groups in total. The summed E-state index contributed by atoms with van der Waals surface area (Å²) in [7, 11) is 0. The van der Waals surface area contributed by atoms with Crippen molar-refractivity contribution in [2.45, 2.75) is 6.92 Å². The third-order valence-corrected chi connectivity index (χ3v) is 3.17. The minimum Gasteiger partial charge on any atom is -0.266 e. The van der Waals surface area contributed by atoms with E-state index in [-0.39, 0.29) is 5.91 Å². The molecule has 1 heterocycles. The quantitative estimate of drug-likeness (QED) is 0.654. The van der Waals surface area contributed by atoms with Crippen LogP contribution < -0.4 is 5.43 Å². The molecule has 0 atom stereocenters. The van der Waals surface area contributed by atoms with E-state index in [4.69, 9.17) is 0 Å². The predicted octanol–water partition coefficient (Wildman–Crippen LogP) is 2.82. The first-order valence-electron chi connectivity index (χ1n) is 5.20. The maximum absolute atomic E-state index is 11.6. The molecule has 3 nitrogen and oxygen atoms in total. The number of carbonyl (C=O) groups excluding carboxylic acids is 1. The molecule has 0 unspecified atom stereocenters. The number of aryl methyl sites for hydroxylation is 1. The second-order valence-corrected chi connectivity index (χ2v) is 4.48. The number of hydrazone groups is 1. The van der Waals surface area contributed by atoms with Crippen molar-refractivity contribution in [3.63, 3.8) is 0 Å². The summed E-state index contributed by atoms with van der Waals surface area (Å²) in [5.41, 5.74) is 4.63. The van der Waals surface area contributed by atoms with Crippen LogP contribution >= 0.6 is 11.3 Å². The fourth-order valence-electron chi connectivity index (χ4n) is 1.35. The molecule has 0 bridgehead atoms. The second-order valence-electron chi connectivity index (χ2n) is 3.53. The Morgan fingerprint density at radius 3 is 2.82 bits per heavy atom. The Morgan fingerprint density at radius 2 is 2.12 bits per heavy atom. The predicted molar refractivity (Wildman–Crippen MR) is 70.6 cm³/mol. The Kier molecular flexibility index (Phi) is 3.67. The Hall–Kier alpha value is -1.94. The minimum atomic E-state index is -0.176. The van der Waals surface area contributed by atoms with Crippen LogP contribution in [-0.4, -0.2) is 12.1 Å². The van der Waals surface area contributed by atoms with Crippen LogP contribution in [0, 0.1) is 6.92 Å². The van der Waals surface area contributed by atoms with Crippen LogP contribution in [0.5, 0.6) is 0 Å². The third kappa shape index (κ3) is 3.01. The molecule has 1 aromatic carbocycles. The Balaban J connectivity index is 1.99. The molecule has 0 aliphatic carbocycles. The summed E-state index contributed by atoms with van der Waals surface area (Å²) in [6, 6.07) is 11.5. The van der Waals surface area contributed by atoms with Gasteiger partial charge in [-0.3, -0.25) is 4.79 Å². The van der Waals surface area contributed by atoms with Gasteiger partial charge in [0.1, 0.15) is 0 Å². The molecular weight excluding hydrogens is 232 g/mol. The van der Waals surface area contributed by atoms with Crippen LogP contribution in [-0.2, 0) is 0 Å². The zero-order valence-corrected chi connectivity index (χ0v) is 10.2. The number of nitrogens with zero attached hydrogens (tertiary/aromatic N) is 1. The molecule has 0 aliphatic heterocycles. The zero-order chi connectivity index (χ0) is 12.1. The van der Waals surface area contributed by atoms with Crippen LogP contribution in [0.25, 0.3) is 0 Å². The average Bonchev–Trinajstić information content (AvgIpc) is 2.85. The lowest BCUT2D eigenvalue weighted by atomic mass is 10.1. The molecule has 17 heavy (non-hydrogen) atoms. The maximum atomic E-state index is 11.6. The van der Waals surface area contributed by atoms with Crippen molar-refractivity contribution >= 4 is 23.5 Å². The molecule has 86 valence electrons. The number of benzene rings is 1. The monoisotopic (exact) mass is 244 g/mol. The summed E-state index contributed by atoms with van der Waals surface area (Å²) in [6.45, 7) is 2.00. The van der Waals surface area contributed by atoms with Crippen LogP contribution in [0.3, 0.4) is 0 Å². The average molecular weight is 244 g/mol. The van der Waals surface area contributed by atoms with Gasteiger partial charge in [0.2, 0.25) is 0 Å². The van der Waals surface area contributed by atoms with Gasteiger partial charge < -0.3 is 0 Å². The highest BCUT2D eigenvalue weighted by atomic mass is 32.1. The number of hydrogen-bond donors (Lipinski definition) is 1. The number of amides is 1. The molecule has 0 saturated carbocycles. The molecule has 0 saturated heterocycles. The third-order valence-electron chi connectivity index (χ3n) is 2.30. The van der Waals surface area contributed by atoms with E-state index in [2.05, 4.69) is 10.5 Å². The van der Waals surface area contributed by atoms with Gasteiger partial charge in [0.25, 0.3) is 5.91 Å². The van der Waals surface area contributed by atoms with E-state index in [9.17, 15) is 4.79 Å². The molecule has 2 rings (SSSR count). The standard InChI is InChI=1S/C13H12N2OS/c1-10-5-2-3-6-11(10)9-14-15-13(16)12-7-4-8-17-12/h2-9H,1H3,(H,15,16). The molecule has 4 heteroatoms. The van der Waals surface area contributed by atoms with Crippen molar-refractivity contribution in [2.75, 3.05) is 0 Å². The first-order chi connectivity index (χ1) is 8.27. The first kappa shape index (κ1) is 11.5. The highest BCUT2D eigenvalue weighted by molar-refractivity contribution is 7.12. The van der Waals surface area contributed by atoms with E-state index < -0.39 is 0 Å². The van der Waals surface area contributed by atoms with E-state index in [1.54, 1.807) is 12.3 Å². The zero-order valence-electron chi connectivity index (χ0n) is 9.38. The van der Waals surface area contributed by atoms with Gasteiger partial charge in [-0.15, -0.1) is 11.3 Å². The van der Waals surface area contributed by atoms with E-state index in [1.165, 1.54) is 11.3 Å². The van der Waals surface area contributed by atoms with Gasteiger partial charge in [0.05, 0.1) is 11.1 Å². The number of thiophene rings is 1. The molecule has 1 aromatic heterocycles. The van der Waals surface area contributed by atoms with Gasteiger partial charge in [-0.1, -0.05) is 30.3 Å². The lowest BCUT2D eigenvalue weighted by molar-refractivity contribution is 0.0959. The smallest absolute Gasteiger partial charge is 0.266 e. The van der Waals surface area contributed by atoms with E-state index >= 15 is 0 Å². The molecule has 0 radical (unpaired) electrons. The SMILES string of the molecule is Cc1ccccc1C=NNC(=O)c1cccs1. The highest BCUT2D eigenvalue weighted by Gasteiger charge is 2.03. The van der Waals surface area contributed by atoms with Crippen molar-refractivity contribution in [1.82, 2.24) is 5.43 Å².